The molecule has 21 heavy (non-hydrogen) atoms. The predicted molar refractivity (Wildman–Crippen MR) is 78.4 cm³/mol. The minimum Gasteiger partial charge on any atom is -0.313 e. The summed E-state index contributed by atoms with van der Waals surface area (Å²) < 4.78 is 54.3. The third-order valence-corrected chi connectivity index (χ3v) is 4.75. The van der Waals surface area contributed by atoms with Gasteiger partial charge < -0.3 is 5.32 Å². The van der Waals surface area contributed by atoms with Gasteiger partial charge in [-0.1, -0.05) is 20.8 Å². The standard InChI is InChI=1S/C14H22F2N2O2S/c1-4-11(5-2)18-21(19,20)13-8-10(9-17-6-3)7-12(15)14(13)16/h7-8,11,17-18H,4-6,9H2,1-3H3. The first kappa shape index (κ1) is 18.0. The molecule has 7 heteroatoms. The van der Waals surface area contributed by atoms with Crippen molar-refractivity contribution in [2.45, 2.75) is 51.1 Å². The Kier molecular flexibility index (Phi) is 6.70. The van der Waals surface area contributed by atoms with Crippen molar-refractivity contribution in [3.8, 4) is 0 Å². The molecule has 0 atom stereocenters. The van der Waals surface area contributed by atoms with Crippen molar-refractivity contribution in [1.29, 1.82) is 0 Å². The number of halogens is 2. The first-order chi connectivity index (χ1) is 9.85. The van der Waals surface area contributed by atoms with Gasteiger partial charge in [0.05, 0.1) is 0 Å². The van der Waals surface area contributed by atoms with Crippen LogP contribution in [0.3, 0.4) is 0 Å². The first-order valence-electron chi connectivity index (χ1n) is 7.06. The maximum atomic E-state index is 13.8. The van der Waals surface area contributed by atoms with E-state index in [1.54, 1.807) is 0 Å². The minimum absolute atomic E-state index is 0.279. The van der Waals surface area contributed by atoms with Crippen molar-refractivity contribution < 1.29 is 17.2 Å². The molecule has 0 heterocycles. The molecule has 0 unspecified atom stereocenters. The number of benzene rings is 1. The molecule has 0 bridgehead atoms. The van der Waals surface area contributed by atoms with Gasteiger partial charge in [0.25, 0.3) is 0 Å². The molecule has 0 radical (unpaired) electrons. The van der Waals surface area contributed by atoms with E-state index in [-0.39, 0.29) is 12.6 Å². The van der Waals surface area contributed by atoms with E-state index in [9.17, 15) is 17.2 Å². The van der Waals surface area contributed by atoms with Gasteiger partial charge in [-0.05, 0) is 37.1 Å². The second-order valence-electron chi connectivity index (χ2n) is 4.80. The summed E-state index contributed by atoms with van der Waals surface area (Å²) in [5.41, 5.74) is 0.390. The molecule has 0 spiro atoms. The van der Waals surface area contributed by atoms with Gasteiger partial charge in [-0.15, -0.1) is 0 Å². The van der Waals surface area contributed by atoms with Crippen molar-refractivity contribution >= 4 is 10.0 Å². The molecular weight excluding hydrogens is 298 g/mol. The van der Waals surface area contributed by atoms with Crippen molar-refractivity contribution in [3.05, 3.63) is 29.3 Å². The van der Waals surface area contributed by atoms with Crippen LogP contribution in [0.25, 0.3) is 0 Å². The van der Waals surface area contributed by atoms with Gasteiger partial charge in [-0.3, -0.25) is 0 Å². The Morgan fingerprint density at radius 2 is 1.76 bits per heavy atom. The Morgan fingerprint density at radius 3 is 2.29 bits per heavy atom. The molecule has 0 aliphatic carbocycles. The van der Waals surface area contributed by atoms with Crippen LogP contribution in [0.1, 0.15) is 39.2 Å². The highest BCUT2D eigenvalue weighted by Crippen LogP contribution is 2.20. The first-order valence-corrected chi connectivity index (χ1v) is 8.54. The van der Waals surface area contributed by atoms with E-state index >= 15 is 0 Å². The molecule has 120 valence electrons. The Balaban J connectivity index is 3.18. The quantitative estimate of drug-likeness (QED) is 0.774. The van der Waals surface area contributed by atoms with Crippen LogP contribution in [0, 0.1) is 11.6 Å². The highest BCUT2D eigenvalue weighted by molar-refractivity contribution is 7.89. The summed E-state index contributed by atoms with van der Waals surface area (Å²) in [6, 6.07) is 1.88. The SMILES string of the molecule is CCNCc1cc(F)c(F)c(S(=O)(=O)NC(CC)CC)c1. The van der Waals surface area contributed by atoms with Crippen LogP contribution >= 0.6 is 0 Å². The third-order valence-electron chi connectivity index (χ3n) is 3.23. The Bertz CT molecular complexity index is 573. The number of sulfonamides is 1. The number of hydrogen-bond donors (Lipinski definition) is 2. The fourth-order valence-corrected chi connectivity index (χ4v) is 3.46. The average Bonchev–Trinajstić information content (AvgIpc) is 2.45. The van der Waals surface area contributed by atoms with Gasteiger partial charge in [0.2, 0.25) is 10.0 Å². The van der Waals surface area contributed by atoms with Crippen LogP contribution in [-0.4, -0.2) is 21.0 Å². The predicted octanol–water partition coefficient (Wildman–Crippen LogP) is 2.54. The van der Waals surface area contributed by atoms with E-state index in [2.05, 4.69) is 10.0 Å². The highest BCUT2D eigenvalue weighted by Gasteiger charge is 2.24. The zero-order valence-electron chi connectivity index (χ0n) is 12.5. The average molecular weight is 320 g/mol. The molecule has 1 rings (SSSR count). The topological polar surface area (TPSA) is 58.2 Å². The summed E-state index contributed by atoms with van der Waals surface area (Å²) in [5, 5.41) is 2.95. The van der Waals surface area contributed by atoms with Gasteiger partial charge in [-0.2, -0.15) is 0 Å². The maximum Gasteiger partial charge on any atom is 0.243 e. The van der Waals surface area contributed by atoms with Crippen LogP contribution in [0.2, 0.25) is 0 Å². The lowest BCUT2D eigenvalue weighted by molar-refractivity contribution is 0.476. The minimum atomic E-state index is -4.08. The number of nitrogens with one attached hydrogen (secondary N) is 2. The summed E-state index contributed by atoms with van der Waals surface area (Å²) in [6.07, 6.45) is 1.16. The van der Waals surface area contributed by atoms with Crippen LogP contribution in [0.4, 0.5) is 8.78 Å². The van der Waals surface area contributed by atoms with Crippen molar-refractivity contribution in [2.75, 3.05) is 6.54 Å². The summed E-state index contributed by atoms with van der Waals surface area (Å²) in [5.74, 6) is -2.50. The van der Waals surface area contributed by atoms with E-state index < -0.39 is 26.6 Å². The van der Waals surface area contributed by atoms with E-state index in [1.165, 1.54) is 6.07 Å². The van der Waals surface area contributed by atoms with Crippen LogP contribution in [-0.2, 0) is 16.6 Å². The summed E-state index contributed by atoms with van der Waals surface area (Å²) in [6.45, 7) is 6.45. The van der Waals surface area contributed by atoms with Gasteiger partial charge in [0, 0.05) is 12.6 Å². The summed E-state index contributed by atoms with van der Waals surface area (Å²) >= 11 is 0. The molecule has 0 amide bonds. The molecule has 4 nitrogen and oxygen atoms in total. The van der Waals surface area contributed by atoms with Crippen LogP contribution < -0.4 is 10.0 Å². The van der Waals surface area contributed by atoms with Crippen molar-refractivity contribution in [2.24, 2.45) is 0 Å². The van der Waals surface area contributed by atoms with Gasteiger partial charge in [0.15, 0.2) is 11.6 Å². The molecule has 0 aromatic heterocycles. The lowest BCUT2D eigenvalue weighted by Crippen LogP contribution is -2.34. The summed E-state index contributed by atoms with van der Waals surface area (Å²) in [7, 11) is -4.08. The smallest absolute Gasteiger partial charge is 0.243 e. The number of rotatable bonds is 8. The second kappa shape index (κ2) is 7.82. The van der Waals surface area contributed by atoms with Gasteiger partial charge in [-0.25, -0.2) is 21.9 Å². The zero-order valence-corrected chi connectivity index (χ0v) is 13.4. The molecule has 1 aromatic carbocycles. The molecule has 0 aliphatic rings. The lowest BCUT2D eigenvalue weighted by Gasteiger charge is -2.16. The molecule has 1 aromatic rings. The van der Waals surface area contributed by atoms with Gasteiger partial charge >= 0.3 is 0 Å². The van der Waals surface area contributed by atoms with Crippen LogP contribution in [0.15, 0.2) is 17.0 Å². The normalized spacial score (nSPS) is 12.1. The van der Waals surface area contributed by atoms with E-state index in [4.69, 9.17) is 0 Å². The molecule has 0 aliphatic heterocycles. The number of hydrogen-bond acceptors (Lipinski definition) is 3. The Morgan fingerprint density at radius 1 is 1.14 bits per heavy atom. The van der Waals surface area contributed by atoms with Gasteiger partial charge in [0.1, 0.15) is 4.90 Å². The zero-order chi connectivity index (χ0) is 16.0. The van der Waals surface area contributed by atoms with Crippen molar-refractivity contribution in [3.63, 3.8) is 0 Å². The third kappa shape index (κ3) is 4.72. The molecule has 2 N–H and O–H groups in total. The molecule has 0 saturated carbocycles. The Hall–Kier alpha value is -1.05. The largest absolute Gasteiger partial charge is 0.313 e. The van der Waals surface area contributed by atoms with E-state index in [1.807, 2.05) is 20.8 Å². The molecule has 0 saturated heterocycles. The Labute approximate surface area is 125 Å². The fraction of sp³-hybridized carbons (Fsp3) is 0.571. The van der Waals surface area contributed by atoms with Crippen LogP contribution in [0.5, 0.6) is 0 Å². The molecular formula is C14H22F2N2O2S. The summed E-state index contributed by atoms with van der Waals surface area (Å²) in [4.78, 5) is -0.637. The monoisotopic (exact) mass is 320 g/mol. The molecule has 0 fully saturated rings. The van der Waals surface area contributed by atoms with E-state index in [0.717, 1.165) is 6.07 Å². The van der Waals surface area contributed by atoms with E-state index in [0.29, 0.717) is 24.9 Å². The fourth-order valence-electron chi connectivity index (χ4n) is 1.92. The second-order valence-corrected chi connectivity index (χ2v) is 6.49. The maximum absolute atomic E-state index is 13.8. The highest BCUT2D eigenvalue weighted by atomic mass is 32.2. The van der Waals surface area contributed by atoms with Crippen molar-refractivity contribution in [1.82, 2.24) is 10.0 Å². The lowest BCUT2D eigenvalue weighted by atomic mass is 10.2.